The minimum absolute atomic E-state index is 0.186. The Kier molecular flexibility index (Phi) is 1.76. The molecule has 5 nitrogen and oxygen atoms in total. The van der Waals surface area contributed by atoms with Gasteiger partial charge in [0.1, 0.15) is 5.54 Å². The highest BCUT2D eigenvalue weighted by molar-refractivity contribution is 6.07. The first-order valence-electron chi connectivity index (χ1n) is 4.47. The maximum Gasteiger partial charge on any atom is 0.322 e. The summed E-state index contributed by atoms with van der Waals surface area (Å²) >= 11 is 0. The molecule has 13 heavy (non-hydrogen) atoms. The van der Waals surface area contributed by atoms with Gasteiger partial charge in [-0.25, -0.2) is 4.79 Å². The fourth-order valence-electron chi connectivity index (χ4n) is 1.92. The van der Waals surface area contributed by atoms with Crippen LogP contribution in [-0.4, -0.2) is 31.1 Å². The van der Waals surface area contributed by atoms with Crippen molar-refractivity contribution in [3.05, 3.63) is 0 Å². The second-order valence-corrected chi connectivity index (χ2v) is 3.68. The van der Waals surface area contributed by atoms with Crippen molar-refractivity contribution >= 4 is 11.9 Å². The molecule has 0 aromatic heterocycles. The van der Waals surface area contributed by atoms with Gasteiger partial charge >= 0.3 is 6.03 Å². The summed E-state index contributed by atoms with van der Waals surface area (Å²) in [6.45, 7) is 0.509. The normalized spacial score (nSPS) is 33.0. The van der Waals surface area contributed by atoms with Crippen LogP contribution in [0.5, 0.6) is 0 Å². The Bertz CT molecular complexity index is 262. The maximum atomic E-state index is 11.5. The lowest BCUT2D eigenvalue weighted by molar-refractivity contribution is -0.124. The van der Waals surface area contributed by atoms with E-state index in [1.807, 2.05) is 0 Å². The molecule has 3 N–H and O–H groups in total. The molecule has 0 bridgehead atoms. The zero-order valence-electron chi connectivity index (χ0n) is 7.52. The molecule has 0 spiro atoms. The van der Waals surface area contributed by atoms with Crippen molar-refractivity contribution in [3.8, 4) is 0 Å². The minimum Gasteiger partial charge on any atom is -0.322 e. The number of amides is 3. The quantitative estimate of drug-likeness (QED) is 0.501. The smallest absolute Gasteiger partial charge is 0.322 e. The van der Waals surface area contributed by atoms with Crippen molar-refractivity contribution in [1.29, 1.82) is 0 Å². The van der Waals surface area contributed by atoms with Crippen LogP contribution in [0, 0.1) is 5.92 Å². The molecule has 1 aliphatic heterocycles. The first-order valence-corrected chi connectivity index (χ1v) is 4.47. The van der Waals surface area contributed by atoms with Crippen LogP contribution in [0.15, 0.2) is 0 Å². The monoisotopic (exact) mass is 183 g/mol. The first-order chi connectivity index (χ1) is 6.19. The minimum atomic E-state index is -0.675. The number of hydrogen-bond donors (Lipinski definition) is 3. The van der Waals surface area contributed by atoms with Crippen molar-refractivity contribution in [2.24, 2.45) is 5.92 Å². The van der Waals surface area contributed by atoms with Crippen molar-refractivity contribution in [2.75, 3.05) is 13.6 Å². The highest BCUT2D eigenvalue weighted by Gasteiger charge is 2.55. The molecule has 0 radical (unpaired) electrons. The lowest BCUT2D eigenvalue weighted by Gasteiger charge is -2.25. The van der Waals surface area contributed by atoms with Crippen molar-refractivity contribution in [3.63, 3.8) is 0 Å². The van der Waals surface area contributed by atoms with Crippen LogP contribution in [0.4, 0.5) is 4.79 Å². The van der Waals surface area contributed by atoms with E-state index in [4.69, 9.17) is 0 Å². The third-order valence-electron chi connectivity index (χ3n) is 2.70. The molecule has 1 atom stereocenters. The van der Waals surface area contributed by atoms with E-state index in [2.05, 4.69) is 16.0 Å². The summed E-state index contributed by atoms with van der Waals surface area (Å²) < 4.78 is 0. The molecule has 5 heteroatoms. The van der Waals surface area contributed by atoms with Crippen molar-refractivity contribution < 1.29 is 9.59 Å². The molecule has 1 heterocycles. The summed E-state index contributed by atoms with van der Waals surface area (Å²) in [6, 6.07) is -0.368. The number of rotatable bonds is 3. The molecular weight excluding hydrogens is 170 g/mol. The topological polar surface area (TPSA) is 70.2 Å². The summed E-state index contributed by atoms with van der Waals surface area (Å²) in [5, 5.41) is 7.95. The summed E-state index contributed by atoms with van der Waals surface area (Å²) in [6.07, 6.45) is 2.05. The zero-order chi connectivity index (χ0) is 9.47. The first kappa shape index (κ1) is 8.50. The van der Waals surface area contributed by atoms with Crippen LogP contribution >= 0.6 is 0 Å². The number of carbonyl (C=O) groups excluding carboxylic acids is 2. The van der Waals surface area contributed by atoms with Gasteiger partial charge in [-0.1, -0.05) is 0 Å². The summed E-state index contributed by atoms with van der Waals surface area (Å²) in [4.78, 5) is 22.5. The largest absolute Gasteiger partial charge is 0.322 e. The lowest BCUT2D eigenvalue weighted by Crippen LogP contribution is -2.55. The fraction of sp³-hybridized carbons (Fsp3) is 0.750. The van der Waals surface area contributed by atoms with Crippen LogP contribution < -0.4 is 16.0 Å². The predicted molar refractivity (Wildman–Crippen MR) is 46.1 cm³/mol. The SMILES string of the molecule is CNC[C@@]1(C2CC2)NC(=O)NC1=O. The van der Waals surface area contributed by atoms with E-state index in [1.54, 1.807) is 7.05 Å². The summed E-state index contributed by atoms with van der Waals surface area (Å²) in [5.74, 6) is 0.126. The van der Waals surface area contributed by atoms with Gasteiger partial charge in [-0.05, 0) is 25.8 Å². The Labute approximate surface area is 76.3 Å². The molecule has 1 saturated heterocycles. The van der Waals surface area contributed by atoms with Gasteiger partial charge in [-0.3, -0.25) is 10.1 Å². The number of carbonyl (C=O) groups is 2. The van der Waals surface area contributed by atoms with Gasteiger partial charge in [-0.2, -0.15) is 0 Å². The average Bonchev–Trinajstić information content (AvgIpc) is 2.82. The Morgan fingerprint density at radius 3 is 2.62 bits per heavy atom. The number of nitrogens with one attached hydrogen (secondary N) is 3. The molecule has 0 unspecified atom stereocenters. The van der Waals surface area contributed by atoms with E-state index in [1.165, 1.54) is 0 Å². The van der Waals surface area contributed by atoms with Crippen LogP contribution in [0.1, 0.15) is 12.8 Å². The van der Waals surface area contributed by atoms with Crippen LogP contribution in [0.2, 0.25) is 0 Å². The highest BCUT2D eigenvalue weighted by Crippen LogP contribution is 2.40. The van der Waals surface area contributed by atoms with E-state index in [-0.39, 0.29) is 11.9 Å². The van der Waals surface area contributed by atoms with Gasteiger partial charge in [0.25, 0.3) is 5.91 Å². The summed E-state index contributed by atoms with van der Waals surface area (Å²) in [5.41, 5.74) is -0.675. The molecule has 2 aliphatic rings. The number of urea groups is 1. The van der Waals surface area contributed by atoms with Crippen LogP contribution in [0.3, 0.4) is 0 Å². The Morgan fingerprint density at radius 1 is 1.54 bits per heavy atom. The van der Waals surface area contributed by atoms with Gasteiger partial charge in [0, 0.05) is 6.54 Å². The van der Waals surface area contributed by atoms with Crippen LogP contribution in [0.25, 0.3) is 0 Å². The van der Waals surface area contributed by atoms with Gasteiger partial charge in [0.05, 0.1) is 0 Å². The third kappa shape index (κ3) is 1.19. The highest BCUT2D eigenvalue weighted by atomic mass is 16.2. The van der Waals surface area contributed by atoms with Gasteiger partial charge in [0.2, 0.25) is 0 Å². The Morgan fingerprint density at radius 2 is 2.23 bits per heavy atom. The standard InChI is InChI=1S/C8H13N3O2/c1-9-4-8(5-2-3-5)6(12)10-7(13)11-8/h5,9H,2-4H2,1H3,(H2,10,11,12,13)/t8-/m0/s1. The molecular formula is C8H13N3O2. The van der Waals surface area contributed by atoms with Crippen molar-refractivity contribution in [1.82, 2.24) is 16.0 Å². The third-order valence-corrected chi connectivity index (χ3v) is 2.70. The molecule has 2 fully saturated rings. The van der Waals surface area contributed by atoms with E-state index in [0.29, 0.717) is 12.5 Å². The Hall–Kier alpha value is -1.10. The van der Waals surface area contributed by atoms with Gasteiger partial charge in [-0.15, -0.1) is 0 Å². The van der Waals surface area contributed by atoms with E-state index >= 15 is 0 Å². The number of imide groups is 1. The van der Waals surface area contributed by atoms with Gasteiger partial charge in [0.15, 0.2) is 0 Å². The second kappa shape index (κ2) is 2.70. The fourth-order valence-corrected chi connectivity index (χ4v) is 1.92. The predicted octanol–water partition coefficient (Wildman–Crippen LogP) is -0.806. The molecule has 3 amide bonds. The molecule has 0 aromatic rings. The molecule has 0 aromatic carbocycles. The van der Waals surface area contributed by atoms with E-state index in [0.717, 1.165) is 12.8 Å². The molecule has 1 saturated carbocycles. The average molecular weight is 183 g/mol. The molecule has 2 rings (SSSR count). The number of likely N-dealkylation sites (N-methyl/N-ethyl adjacent to an activating group) is 1. The number of hydrogen-bond acceptors (Lipinski definition) is 3. The van der Waals surface area contributed by atoms with Crippen molar-refractivity contribution in [2.45, 2.75) is 18.4 Å². The summed E-state index contributed by atoms with van der Waals surface area (Å²) in [7, 11) is 1.78. The Balaban J connectivity index is 2.21. The van der Waals surface area contributed by atoms with Crippen LogP contribution in [-0.2, 0) is 4.79 Å². The molecule has 72 valence electrons. The van der Waals surface area contributed by atoms with E-state index < -0.39 is 5.54 Å². The lowest BCUT2D eigenvalue weighted by atomic mass is 9.93. The van der Waals surface area contributed by atoms with Gasteiger partial charge < -0.3 is 10.6 Å². The van der Waals surface area contributed by atoms with E-state index in [9.17, 15) is 9.59 Å². The maximum absolute atomic E-state index is 11.5. The molecule has 1 aliphatic carbocycles. The zero-order valence-corrected chi connectivity index (χ0v) is 7.52. The second-order valence-electron chi connectivity index (χ2n) is 3.68.